The number of hydrogen-bond donors (Lipinski definition) is 4. The van der Waals surface area contributed by atoms with E-state index in [1.807, 2.05) is 30.3 Å². The summed E-state index contributed by atoms with van der Waals surface area (Å²) in [7, 11) is 3.70. The number of aromatic nitrogens is 2. The van der Waals surface area contributed by atoms with Crippen LogP contribution in [0.5, 0.6) is 0 Å². The molecule has 4 heterocycles. The van der Waals surface area contributed by atoms with E-state index in [0.29, 0.717) is 73.8 Å². The molecule has 0 radical (unpaired) electrons. The predicted molar refractivity (Wildman–Crippen MR) is 201 cm³/mol. The Labute approximate surface area is 315 Å². The molecule has 0 bridgehead atoms. The summed E-state index contributed by atoms with van der Waals surface area (Å²) in [5.41, 5.74) is 4.41. The zero-order valence-electron chi connectivity index (χ0n) is 29.9. The van der Waals surface area contributed by atoms with Crippen molar-refractivity contribution in [3.8, 4) is 0 Å². The third-order valence-corrected chi connectivity index (χ3v) is 10.5. The average molecular weight is 794 g/mol. The fourth-order valence-electron chi connectivity index (χ4n) is 7.07. The quantitative estimate of drug-likeness (QED) is 0.131. The highest BCUT2D eigenvalue weighted by molar-refractivity contribution is 9.10. The molecule has 0 aliphatic carbocycles. The van der Waals surface area contributed by atoms with Crippen molar-refractivity contribution in [1.29, 1.82) is 0 Å². The second-order valence-electron chi connectivity index (χ2n) is 13.6. The largest absolute Gasteiger partial charge is 0.382 e. The van der Waals surface area contributed by atoms with Gasteiger partial charge >= 0.3 is 0 Å². The van der Waals surface area contributed by atoms with E-state index in [4.69, 9.17) is 9.47 Å². The van der Waals surface area contributed by atoms with Gasteiger partial charge < -0.3 is 35.2 Å². The number of rotatable bonds is 15. The first kappa shape index (κ1) is 38.1. The number of ether oxygens (including phenoxy) is 2. The van der Waals surface area contributed by atoms with Crippen LogP contribution in [-0.4, -0.2) is 115 Å². The van der Waals surface area contributed by atoms with E-state index in [-0.39, 0.29) is 41.7 Å². The Morgan fingerprint density at radius 3 is 2.47 bits per heavy atom. The molecule has 0 spiro atoms. The molecule has 2 aromatic carbocycles. The Morgan fingerprint density at radius 1 is 0.962 bits per heavy atom. The van der Waals surface area contributed by atoms with Gasteiger partial charge in [0.2, 0.25) is 11.8 Å². The summed E-state index contributed by atoms with van der Waals surface area (Å²) in [5, 5.41) is 16.2. The zero-order chi connectivity index (χ0) is 37.5. The number of benzene rings is 2. The van der Waals surface area contributed by atoms with Crippen LogP contribution in [0.4, 0.5) is 11.4 Å². The molecule has 2 saturated heterocycles. The fourth-order valence-corrected chi connectivity index (χ4v) is 7.55. The monoisotopic (exact) mass is 792 g/mol. The van der Waals surface area contributed by atoms with Gasteiger partial charge in [-0.3, -0.25) is 29.3 Å². The number of imide groups is 1. The molecule has 2 fully saturated rings. The average Bonchev–Trinajstić information content (AvgIpc) is 3.48. The number of piperidine rings is 2. The summed E-state index contributed by atoms with van der Waals surface area (Å²) < 4.78 is 13.1. The number of carbonyl (C=O) groups is 4. The first-order chi connectivity index (χ1) is 25.6. The lowest BCUT2D eigenvalue weighted by Gasteiger charge is -2.37. The number of hydrogen-bond acceptors (Lipinski definition) is 11. The first-order valence-electron chi connectivity index (χ1n) is 17.8. The highest BCUT2D eigenvalue weighted by Crippen LogP contribution is 2.32. The lowest BCUT2D eigenvalue weighted by Crippen LogP contribution is -2.52. The molecule has 4 amide bonds. The number of nitrogens with zero attached hydrogens (tertiary/aromatic N) is 4. The van der Waals surface area contributed by atoms with Crippen molar-refractivity contribution < 1.29 is 28.7 Å². The van der Waals surface area contributed by atoms with Gasteiger partial charge in [0.05, 0.1) is 38.3 Å². The summed E-state index contributed by atoms with van der Waals surface area (Å²) in [5.74, 6) is -0.858. The number of anilines is 2. The maximum absolute atomic E-state index is 13.0. The summed E-state index contributed by atoms with van der Waals surface area (Å²) in [6.07, 6.45) is 3.07. The molecular formula is C37H45BrN8O7. The van der Waals surface area contributed by atoms with Crippen LogP contribution in [0, 0.1) is 0 Å². The molecule has 16 heteroatoms. The van der Waals surface area contributed by atoms with Crippen molar-refractivity contribution >= 4 is 50.9 Å². The number of fused-ring (bicyclic) bond motifs is 1. The SMILES string of the molecule is CN1C[C@H](Nc2cnn(C)c(=O)c2Br)C[C@H](c2ccc(C(=O)NCCOCCOCCNc3cccc4c3CN(C3CCC(=O)NC3=O)C4=O)cc2)C1. The maximum atomic E-state index is 13.0. The second-order valence-corrected chi connectivity index (χ2v) is 14.4. The number of likely N-dealkylation sites (tertiary alicyclic amines) is 1. The van der Waals surface area contributed by atoms with Gasteiger partial charge in [0.15, 0.2) is 0 Å². The molecule has 3 aliphatic rings. The molecule has 6 rings (SSSR count). The highest BCUT2D eigenvalue weighted by atomic mass is 79.9. The minimum atomic E-state index is -0.654. The molecule has 0 saturated carbocycles. The van der Waals surface area contributed by atoms with Gasteiger partial charge in [0, 0.05) is 74.6 Å². The van der Waals surface area contributed by atoms with E-state index < -0.39 is 11.9 Å². The van der Waals surface area contributed by atoms with Gasteiger partial charge in [0.25, 0.3) is 17.4 Å². The topological polar surface area (TPSA) is 176 Å². The van der Waals surface area contributed by atoms with Crippen LogP contribution in [0.15, 0.2) is 57.9 Å². The molecule has 3 atom stereocenters. The summed E-state index contributed by atoms with van der Waals surface area (Å²) >= 11 is 3.40. The zero-order valence-corrected chi connectivity index (χ0v) is 31.4. The van der Waals surface area contributed by atoms with Gasteiger partial charge in [0.1, 0.15) is 10.5 Å². The third-order valence-electron chi connectivity index (χ3n) is 9.76. The summed E-state index contributed by atoms with van der Waals surface area (Å²) in [6, 6.07) is 12.6. The van der Waals surface area contributed by atoms with E-state index in [1.165, 1.54) is 9.58 Å². The molecule has 4 N–H and O–H groups in total. The molecule has 53 heavy (non-hydrogen) atoms. The third kappa shape index (κ3) is 9.30. The Balaban J connectivity index is 0.854. The van der Waals surface area contributed by atoms with Gasteiger partial charge in [-0.2, -0.15) is 5.10 Å². The van der Waals surface area contributed by atoms with Crippen LogP contribution in [-0.2, 0) is 32.7 Å². The molecule has 1 aromatic heterocycles. The second kappa shape index (κ2) is 17.5. The van der Waals surface area contributed by atoms with Crippen LogP contribution in [0.3, 0.4) is 0 Å². The smallest absolute Gasteiger partial charge is 0.282 e. The van der Waals surface area contributed by atoms with Gasteiger partial charge in [-0.05, 0) is 71.6 Å². The van der Waals surface area contributed by atoms with Crippen molar-refractivity contribution in [3.63, 3.8) is 0 Å². The Bertz CT molecular complexity index is 1890. The molecule has 3 aliphatic heterocycles. The standard InChI is InChI=1S/C37H45BrN8O7/c1-44-20-25(18-26(21-44)42-30-19-41-45(2)37(51)33(30)38)23-6-8-24(9-7-23)34(48)40-13-15-53-17-16-52-14-12-39-29-5-3-4-27-28(29)22-46(36(27)50)31-10-11-32(47)43-35(31)49/h3-9,19,25-26,31,39,42H,10-18,20-22H2,1-2H3,(H,40,48)(H,43,47,49)/t25-,26+,31?/m0/s1. The van der Waals surface area contributed by atoms with E-state index in [0.717, 1.165) is 36.3 Å². The van der Waals surface area contributed by atoms with Crippen molar-refractivity contribution in [3.05, 3.63) is 85.7 Å². The van der Waals surface area contributed by atoms with Crippen LogP contribution in [0.2, 0.25) is 0 Å². The van der Waals surface area contributed by atoms with Crippen molar-refractivity contribution in [2.24, 2.45) is 7.05 Å². The fraction of sp³-hybridized carbons (Fsp3) is 0.459. The van der Waals surface area contributed by atoms with Gasteiger partial charge in [-0.15, -0.1) is 0 Å². The van der Waals surface area contributed by atoms with E-state index in [9.17, 15) is 24.0 Å². The Morgan fingerprint density at radius 2 is 1.72 bits per heavy atom. The van der Waals surface area contributed by atoms with Crippen molar-refractivity contribution in [2.75, 3.05) is 70.3 Å². The minimum absolute atomic E-state index is 0.124. The van der Waals surface area contributed by atoms with Crippen LogP contribution < -0.4 is 26.8 Å². The first-order valence-corrected chi connectivity index (χ1v) is 18.6. The molecular weight excluding hydrogens is 748 g/mol. The van der Waals surface area contributed by atoms with Crippen LogP contribution >= 0.6 is 15.9 Å². The van der Waals surface area contributed by atoms with Gasteiger partial charge in [-0.1, -0.05) is 18.2 Å². The Kier molecular flexibility index (Phi) is 12.5. The van der Waals surface area contributed by atoms with Crippen LogP contribution in [0.1, 0.15) is 57.0 Å². The molecule has 282 valence electrons. The minimum Gasteiger partial charge on any atom is -0.382 e. The van der Waals surface area contributed by atoms with Gasteiger partial charge in [-0.25, -0.2) is 4.68 Å². The maximum Gasteiger partial charge on any atom is 0.282 e. The number of likely N-dealkylation sites (N-methyl/N-ethyl adjacent to an activating group) is 1. The number of amides is 4. The number of carbonyl (C=O) groups excluding carboxylic acids is 4. The number of halogens is 1. The highest BCUT2D eigenvalue weighted by Gasteiger charge is 2.39. The normalized spacial score (nSPS) is 20.2. The number of aryl methyl sites for hydroxylation is 1. The summed E-state index contributed by atoms with van der Waals surface area (Å²) in [4.78, 5) is 65.7. The molecule has 1 unspecified atom stereocenters. The summed E-state index contributed by atoms with van der Waals surface area (Å²) in [6.45, 7) is 4.43. The van der Waals surface area contributed by atoms with Crippen molar-refractivity contribution in [1.82, 2.24) is 30.2 Å². The lowest BCUT2D eigenvalue weighted by molar-refractivity contribution is -0.136. The lowest BCUT2D eigenvalue weighted by atomic mass is 9.87. The van der Waals surface area contributed by atoms with E-state index in [1.54, 1.807) is 25.4 Å². The molecule has 15 nitrogen and oxygen atoms in total. The van der Waals surface area contributed by atoms with E-state index >= 15 is 0 Å². The molecule has 3 aromatic rings. The number of nitrogens with one attached hydrogen (secondary N) is 4. The predicted octanol–water partition coefficient (Wildman–Crippen LogP) is 2.08. The van der Waals surface area contributed by atoms with Crippen LogP contribution in [0.25, 0.3) is 0 Å². The van der Waals surface area contributed by atoms with E-state index in [2.05, 4.69) is 54.2 Å². The Hall–Kier alpha value is -4.64. The van der Waals surface area contributed by atoms with Crippen molar-refractivity contribution in [2.45, 2.75) is 43.8 Å².